The van der Waals surface area contributed by atoms with Gasteiger partial charge in [0.1, 0.15) is 0 Å². The zero-order valence-corrected chi connectivity index (χ0v) is 10.5. The number of hydrogen-bond donors (Lipinski definition) is 3. The maximum atomic E-state index is 11.9. The van der Waals surface area contributed by atoms with E-state index in [2.05, 4.69) is 10.6 Å². The number of thioether (sulfide) groups is 1. The number of rotatable bonds is 4. The van der Waals surface area contributed by atoms with Crippen LogP contribution in [0.3, 0.4) is 0 Å². The van der Waals surface area contributed by atoms with Crippen molar-refractivity contribution in [2.75, 3.05) is 18.1 Å². The minimum Gasteiger partial charge on any atom is -0.370 e. The van der Waals surface area contributed by atoms with Crippen LogP contribution in [-0.2, 0) is 9.59 Å². The van der Waals surface area contributed by atoms with Crippen LogP contribution in [0.2, 0.25) is 0 Å². The molecule has 6 heteroatoms. The molecule has 1 fully saturated rings. The van der Waals surface area contributed by atoms with Crippen LogP contribution in [0, 0.1) is 0 Å². The molecule has 0 aromatic carbocycles. The number of hydrogen-bond acceptors (Lipinski definition) is 4. The van der Waals surface area contributed by atoms with Gasteiger partial charge in [0.15, 0.2) is 0 Å². The first-order chi connectivity index (χ1) is 7.41. The summed E-state index contributed by atoms with van der Waals surface area (Å²) >= 11 is 1.76. The molecular formula is C10H19N3O2S. The van der Waals surface area contributed by atoms with Crippen molar-refractivity contribution >= 4 is 23.6 Å². The van der Waals surface area contributed by atoms with Gasteiger partial charge in [-0.3, -0.25) is 9.59 Å². The van der Waals surface area contributed by atoms with E-state index < -0.39 is 11.4 Å². The molecule has 0 aromatic heterocycles. The Bertz CT molecular complexity index is 275. The lowest BCUT2D eigenvalue weighted by Gasteiger charge is -2.29. The first-order valence-electron chi connectivity index (χ1n) is 5.32. The van der Waals surface area contributed by atoms with Crippen LogP contribution in [0.4, 0.5) is 0 Å². The Balaban J connectivity index is 2.45. The summed E-state index contributed by atoms with van der Waals surface area (Å²) in [6.07, 6.45) is 0.151. The summed E-state index contributed by atoms with van der Waals surface area (Å²) in [4.78, 5) is 22.7. The van der Waals surface area contributed by atoms with E-state index in [1.807, 2.05) is 0 Å². The third kappa shape index (κ3) is 4.40. The van der Waals surface area contributed by atoms with Crippen molar-refractivity contribution in [2.45, 2.75) is 31.8 Å². The van der Waals surface area contributed by atoms with E-state index in [9.17, 15) is 9.59 Å². The molecule has 1 aliphatic rings. The molecule has 4 N–H and O–H groups in total. The first-order valence-corrected chi connectivity index (χ1v) is 6.48. The van der Waals surface area contributed by atoms with Crippen LogP contribution in [0.1, 0.15) is 20.3 Å². The number of carbonyl (C=O) groups excluding carboxylic acids is 2. The maximum Gasteiger partial charge on any atom is 0.238 e. The lowest BCUT2D eigenvalue weighted by Crippen LogP contribution is -2.55. The highest BCUT2D eigenvalue weighted by atomic mass is 32.2. The number of nitrogens with two attached hydrogens (primary N) is 1. The summed E-state index contributed by atoms with van der Waals surface area (Å²) in [5, 5.41) is 5.99. The number of amides is 2. The van der Waals surface area contributed by atoms with Gasteiger partial charge in [0.05, 0.1) is 6.04 Å². The van der Waals surface area contributed by atoms with Crippen LogP contribution in [0.15, 0.2) is 0 Å². The summed E-state index contributed by atoms with van der Waals surface area (Å²) in [7, 11) is 0. The van der Waals surface area contributed by atoms with E-state index in [-0.39, 0.29) is 18.4 Å². The molecule has 1 heterocycles. The van der Waals surface area contributed by atoms with Gasteiger partial charge >= 0.3 is 0 Å². The standard InChI is InChI=1S/C10H19N3O2S/c1-10(2,5-8(11)14)13-9(15)7-6-16-4-3-12-7/h7,12H,3-6H2,1-2H3,(H2,11,14)(H,13,15). The van der Waals surface area contributed by atoms with Crippen LogP contribution >= 0.6 is 11.8 Å². The maximum absolute atomic E-state index is 11.9. The van der Waals surface area contributed by atoms with Crippen molar-refractivity contribution in [2.24, 2.45) is 5.73 Å². The lowest BCUT2D eigenvalue weighted by molar-refractivity contribution is -0.125. The monoisotopic (exact) mass is 245 g/mol. The van der Waals surface area contributed by atoms with E-state index in [0.717, 1.165) is 18.1 Å². The summed E-state index contributed by atoms with van der Waals surface area (Å²) in [6.45, 7) is 4.44. The topological polar surface area (TPSA) is 84.2 Å². The molecule has 0 radical (unpaired) electrons. The van der Waals surface area contributed by atoms with Crippen molar-refractivity contribution < 1.29 is 9.59 Å². The minimum atomic E-state index is -0.577. The van der Waals surface area contributed by atoms with Gasteiger partial charge in [-0.2, -0.15) is 11.8 Å². The quantitative estimate of drug-likeness (QED) is 0.621. The Labute approximate surface area is 99.9 Å². The highest BCUT2D eigenvalue weighted by molar-refractivity contribution is 7.99. The van der Waals surface area contributed by atoms with Crippen molar-refractivity contribution in [3.8, 4) is 0 Å². The number of carbonyl (C=O) groups is 2. The largest absolute Gasteiger partial charge is 0.370 e. The molecule has 1 aliphatic heterocycles. The SMILES string of the molecule is CC(C)(CC(N)=O)NC(=O)C1CSCCN1. The Morgan fingerprint density at radius 3 is 2.75 bits per heavy atom. The van der Waals surface area contributed by atoms with Crippen molar-refractivity contribution in [3.63, 3.8) is 0 Å². The second-order valence-corrected chi connectivity index (χ2v) is 5.75. The van der Waals surface area contributed by atoms with E-state index in [1.165, 1.54) is 0 Å². The molecule has 5 nitrogen and oxygen atoms in total. The van der Waals surface area contributed by atoms with Crippen LogP contribution < -0.4 is 16.4 Å². The van der Waals surface area contributed by atoms with Gasteiger partial charge in [0.25, 0.3) is 0 Å². The van der Waals surface area contributed by atoms with E-state index in [0.29, 0.717) is 0 Å². The first kappa shape index (κ1) is 13.3. The van der Waals surface area contributed by atoms with Gasteiger partial charge in [-0.25, -0.2) is 0 Å². The van der Waals surface area contributed by atoms with Crippen molar-refractivity contribution in [1.29, 1.82) is 0 Å². The summed E-state index contributed by atoms with van der Waals surface area (Å²) in [5.41, 5.74) is 4.55. The molecule has 0 aromatic rings. The van der Waals surface area contributed by atoms with Gasteiger partial charge in [0, 0.05) is 30.0 Å². The van der Waals surface area contributed by atoms with E-state index in [1.54, 1.807) is 25.6 Å². The second kappa shape index (κ2) is 5.54. The summed E-state index contributed by atoms with van der Waals surface area (Å²) < 4.78 is 0. The summed E-state index contributed by atoms with van der Waals surface area (Å²) in [5.74, 6) is 1.35. The van der Waals surface area contributed by atoms with Crippen LogP contribution in [0.25, 0.3) is 0 Å². The molecule has 16 heavy (non-hydrogen) atoms. The Hall–Kier alpha value is -0.750. The van der Waals surface area contributed by atoms with Gasteiger partial charge < -0.3 is 16.4 Å². The molecule has 1 unspecified atom stereocenters. The Kier molecular flexibility index (Phi) is 4.61. The molecule has 0 saturated carbocycles. The number of primary amides is 1. The smallest absolute Gasteiger partial charge is 0.238 e. The minimum absolute atomic E-state index is 0.0570. The molecule has 0 spiro atoms. The molecule has 1 saturated heterocycles. The predicted octanol–water partition coefficient (Wildman–Crippen LogP) is -0.538. The molecule has 1 atom stereocenters. The molecular weight excluding hydrogens is 226 g/mol. The average molecular weight is 245 g/mol. The van der Waals surface area contributed by atoms with Crippen molar-refractivity contribution in [3.05, 3.63) is 0 Å². The van der Waals surface area contributed by atoms with Gasteiger partial charge in [0.2, 0.25) is 11.8 Å². The van der Waals surface area contributed by atoms with Gasteiger partial charge in [-0.15, -0.1) is 0 Å². The molecule has 0 bridgehead atoms. The highest BCUT2D eigenvalue weighted by Gasteiger charge is 2.28. The van der Waals surface area contributed by atoms with Crippen molar-refractivity contribution in [1.82, 2.24) is 10.6 Å². The van der Waals surface area contributed by atoms with Gasteiger partial charge in [-0.05, 0) is 13.8 Å². The number of nitrogens with one attached hydrogen (secondary N) is 2. The van der Waals surface area contributed by atoms with Gasteiger partial charge in [-0.1, -0.05) is 0 Å². The highest BCUT2D eigenvalue weighted by Crippen LogP contribution is 2.11. The Morgan fingerprint density at radius 2 is 2.25 bits per heavy atom. The molecule has 0 aliphatic carbocycles. The van der Waals surface area contributed by atoms with E-state index in [4.69, 9.17) is 5.73 Å². The fourth-order valence-corrected chi connectivity index (χ4v) is 2.57. The molecule has 1 rings (SSSR count). The zero-order valence-electron chi connectivity index (χ0n) is 9.71. The van der Waals surface area contributed by atoms with Crippen LogP contribution in [-0.4, -0.2) is 41.4 Å². The van der Waals surface area contributed by atoms with E-state index >= 15 is 0 Å². The lowest BCUT2D eigenvalue weighted by atomic mass is 10.00. The zero-order chi connectivity index (χ0) is 12.2. The Morgan fingerprint density at radius 1 is 1.56 bits per heavy atom. The average Bonchev–Trinajstić information content (AvgIpc) is 2.16. The second-order valence-electron chi connectivity index (χ2n) is 4.60. The third-order valence-electron chi connectivity index (χ3n) is 2.32. The molecule has 2 amide bonds. The fourth-order valence-electron chi connectivity index (χ4n) is 1.63. The fraction of sp³-hybridized carbons (Fsp3) is 0.800. The normalized spacial score (nSPS) is 21.5. The third-order valence-corrected chi connectivity index (χ3v) is 3.38. The van der Waals surface area contributed by atoms with Crippen LogP contribution in [0.5, 0.6) is 0 Å². The summed E-state index contributed by atoms with van der Waals surface area (Å²) in [6, 6.07) is -0.161. The molecule has 92 valence electrons. The predicted molar refractivity (Wildman–Crippen MR) is 65.1 cm³/mol.